The molecule has 0 saturated heterocycles. The summed E-state index contributed by atoms with van der Waals surface area (Å²) in [6.07, 6.45) is 3.11. The number of nitrogens with one attached hydrogen (secondary N) is 1. The molecule has 0 bridgehead atoms. The lowest BCUT2D eigenvalue weighted by atomic mass is 10.1. The molecule has 3 nitrogen and oxygen atoms in total. The van der Waals surface area contributed by atoms with Crippen LogP contribution in [0.4, 0.5) is 5.69 Å². The molecule has 1 aromatic carbocycles. The van der Waals surface area contributed by atoms with Gasteiger partial charge in [0.15, 0.2) is 0 Å². The fraction of sp³-hybridized carbons (Fsp3) is 0.400. The van der Waals surface area contributed by atoms with E-state index in [1.54, 1.807) is 0 Å². The van der Waals surface area contributed by atoms with Gasteiger partial charge in [-0.2, -0.15) is 5.10 Å². The predicted octanol–water partition coefficient (Wildman–Crippen LogP) is 3.64. The molecule has 1 heterocycles. The first-order valence-electron chi connectivity index (χ1n) is 6.56. The molecule has 1 aromatic heterocycles. The molecule has 96 valence electrons. The van der Waals surface area contributed by atoms with E-state index >= 15 is 0 Å². The number of aryl methyl sites for hydroxylation is 1. The largest absolute Gasteiger partial charge is 0.379 e. The van der Waals surface area contributed by atoms with Gasteiger partial charge >= 0.3 is 0 Å². The van der Waals surface area contributed by atoms with Crippen molar-refractivity contribution in [2.75, 3.05) is 5.32 Å². The first-order chi connectivity index (χ1) is 8.69. The molecule has 0 aliphatic rings. The lowest BCUT2D eigenvalue weighted by molar-refractivity contribution is 0.527. The van der Waals surface area contributed by atoms with Gasteiger partial charge in [-0.1, -0.05) is 19.1 Å². The van der Waals surface area contributed by atoms with Gasteiger partial charge in [0, 0.05) is 17.9 Å². The smallest absolute Gasteiger partial charge is 0.0815 e. The van der Waals surface area contributed by atoms with Crippen molar-refractivity contribution in [2.24, 2.45) is 0 Å². The number of benzene rings is 1. The number of anilines is 1. The summed E-state index contributed by atoms with van der Waals surface area (Å²) in [5.41, 5.74) is 3.58. The Hall–Kier alpha value is -1.77. The molecule has 2 rings (SSSR count). The van der Waals surface area contributed by atoms with Crippen molar-refractivity contribution in [2.45, 2.75) is 39.8 Å². The van der Waals surface area contributed by atoms with E-state index < -0.39 is 0 Å². The maximum absolute atomic E-state index is 4.51. The molecule has 2 aromatic rings. The van der Waals surface area contributed by atoms with Gasteiger partial charge in [0.05, 0.1) is 12.2 Å². The maximum atomic E-state index is 4.51. The van der Waals surface area contributed by atoms with Crippen LogP contribution in [0.2, 0.25) is 0 Å². The van der Waals surface area contributed by atoms with Gasteiger partial charge in [-0.3, -0.25) is 4.68 Å². The number of hydrogen-bond acceptors (Lipinski definition) is 2. The minimum Gasteiger partial charge on any atom is -0.379 e. The second-order valence-corrected chi connectivity index (χ2v) is 4.78. The fourth-order valence-corrected chi connectivity index (χ4v) is 1.81. The second-order valence-electron chi connectivity index (χ2n) is 4.78. The summed E-state index contributed by atoms with van der Waals surface area (Å²) >= 11 is 0. The van der Waals surface area contributed by atoms with Crippen LogP contribution in [-0.2, 0) is 13.0 Å². The minimum atomic E-state index is 0.419. The first kappa shape index (κ1) is 12.7. The van der Waals surface area contributed by atoms with Crippen LogP contribution >= 0.6 is 0 Å². The van der Waals surface area contributed by atoms with Gasteiger partial charge in [0.25, 0.3) is 0 Å². The van der Waals surface area contributed by atoms with Crippen LogP contribution < -0.4 is 5.32 Å². The molecule has 1 N–H and O–H groups in total. The van der Waals surface area contributed by atoms with Gasteiger partial charge in [-0.15, -0.1) is 0 Å². The highest BCUT2D eigenvalue weighted by Gasteiger charge is 2.01. The highest BCUT2D eigenvalue weighted by molar-refractivity contribution is 5.44. The number of nitrogens with zero attached hydrogens (tertiary/aromatic N) is 2. The first-order valence-corrected chi connectivity index (χ1v) is 6.56. The number of hydrogen-bond donors (Lipinski definition) is 1. The molecular weight excluding hydrogens is 222 g/mol. The predicted molar refractivity (Wildman–Crippen MR) is 75.8 cm³/mol. The standard InChI is InChI=1S/C15H21N3/c1-4-13-5-7-14(8-6-13)16-11-15-9-10-18(17-15)12(2)3/h5-10,12,16H,4,11H2,1-3H3. The molecule has 0 unspecified atom stereocenters. The molecular formula is C15H21N3. The highest BCUT2D eigenvalue weighted by Crippen LogP contribution is 2.11. The Morgan fingerprint density at radius 3 is 2.44 bits per heavy atom. The molecule has 0 fully saturated rings. The molecule has 0 amide bonds. The monoisotopic (exact) mass is 243 g/mol. The lowest BCUT2D eigenvalue weighted by Gasteiger charge is -2.06. The average Bonchev–Trinajstić information content (AvgIpc) is 2.86. The molecule has 0 spiro atoms. The van der Waals surface area contributed by atoms with Crippen molar-refractivity contribution >= 4 is 5.69 Å². The zero-order valence-electron chi connectivity index (χ0n) is 11.4. The third-order valence-electron chi connectivity index (χ3n) is 3.03. The van der Waals surface area contributed by atoms with Crippen LogP contribution in [0, 0.1) is 0 Å². The van der Waals surface area contributed by atoms with Crippen molar-refractivity contribution in [1.29, 1.82) is 0 Å². The van der Waals surface area contributed by atoms with Crippen LogP contribution in [0.5, 0.6) is 0 Å². The molecule has 0 aliphatic carbocycles. The van der Waals surface area contributed by atoms with E-state index in [4.69, 9.17) is 0 Å². The molecule has 0 radical (unpaired) electrons. The SMILES string of the molecule is CCc1ccc(NCc2ccn(C(C)C)n2)cc1. The fourth-order valence-electron chi connectivity index (χ4n) is 1.81. The van der Waals surface area contributed by atoms with E-state index in [2.05, 4.69) is 61.5 Å². The van der Waals surface area contributed by atoms with Gasteiger partial charge in [-0.05, 0) is 44.0 Å². The van der Waals surface area contributed by atoms with Crippen LogP contribution in [-0.4, -0.2) is 9.78 Å². The number of rotatable bonds is 5. The van der Waals surface area contributed by atoms with Gasteiger partial charge in [0.2, 0.25) is 0 Å². The Balaban J connectivity index is 1.93. The Morgan fingerprint density at radius 1 is 1.17 bits per heavy atom. The Bertz CT molecular complexity index is 483. The molecule has 3 heteroatoms. The van der Waals surface area contributed by atoms with Gasteiger partial charge in [-0.25, -0.2) is 0 Å². The molecule has 0 atom stereocenters. The summed E-state index contributed by atoms with van der Waals surface area (Å²) in [7, 11) is 0. The second kappa shape index (κ2) is 5.71. The Labute approximate surface area is 109 Å². The van der Waals surface area contributed by atoms with E-state index in [9.17, 15) is 0 Å². The quantitative estimate of drug-likeness (QED) is 0.869. The van der Waals surface area contributed by atoms with Crippen molar-refractivity contribution in [3.8, 4) is 0 Å². The number of aromatic nitrogens is 2. The third-order valence-corrected chi connectivity index (χ3v) is 3.03. The minimum absolute atomic E-state index is 0.419. The summed E-state index contributed by atoms with van der Waals surface area (Å²) in [5.74, 6) is 0. The topological polar surface area (TPSA) is 29.9 Å². The van der Waals surface area contributed by atoms with Gasteiger partial charge < -0.3 is 5.32 Å². The normalized spacial score (nSPS) is 10.9. The van der Waals surface area contributed by atoms with E-state index in [0.717, 1.165) is 24.3 Å². The highest BCUT2D eigenvalue weighted by atomic mass is 15.3. The van der Waals surface area contributed by atoms with Crippen molar-refractivity contribution in [3.63, 3.8) is 0 Å². The molecule has 18 heavy (non-hydrogen) atoms. The van der Waals surface area contributed by atoms with E-state index in [1.807, 2.05) is 10.9 Å². The van der Waals surface area contributed by atoms with Gasteiger partial charge in [0.1, 0.15) is 0 Å². The molecule has 0 saturated carbocycles. The third kappa shape index (κ3) is 3.13. The van der Waals surface area contributed by atoms with Crippen molar-refractivity contribution < 1.29 is 0 Å². The summed E-state index contributed by atoms with van der Waals surface area (Å²) in [6.45, 7) is 7.20. The lowest BCUT2D eigenvalue weighted by Crippen LogP contribution is -2.04. The Morgan fingerprint density at radius 2 is 1.89 bits per heavy atom. The molecule has 0 aliphatic heterocycles. The van der Waals surface area contributed by atoms with E-state index in [0.29, 0.717) is 6.04 Å². The summed E-state index contributed by atoms with van der Waals surface area (Å²) in [4.78, 5) is 0. The average molecular weight is 243 g/mol. The van der Waals surface area contributed by atoms with Crippen LogP contribution in [0.15, 0.2) is 36.5 Å². The Kier molecular flexibility index (Phi) is 4.03. The van der Waals surface area contributed by atoms with Crippen LogP contribution in [0.3, 0.4) is 0 Å². The zero-order chi connectivity index (χ0) is 13.0. The summed E-state index contributed by atoms with van der Waals surface area (Å²) < 4.78 is 1.98. The van der Waals surface area contributed by atoms with Crippen LogP contribution in [0.1, 0.15) is 38.1 Å². The summed E-state index contributed by atoms with van der Waals surface area (Å²) in [6, 6.07) is 11.1. The van der Waals surface area contributed by atoms with Crippen molar-refractivity contribution in [3.05, 3.63) is 47.8 Å². The summed E-state index contributed by atoms with van der Waals surface area (Å²) in [5, 5.41) is 7.90. The van der Waals surface area contributed by atoms with E-state index in [-0.39, 0.29) is 0 Å². The van der Waals surface area contributed by atoms with Crippen LogP contribution in [0.25, 0.3) is 0 Å². The van der Waals surface area contributed by atoms with Crippen molar-refractivity contribution in [1.82, 2.24) is 9.78 Å². The maximum Gasteiger partial charge on any atom is 0.0815 e. The van der Waals surface area contributed by atoms with E-state index in [1.165, 1.54) is 5.56 Å². The zero-order valence-corrected chi connectivity index (χ0v) is 11.4.